The fourth-order valence-corrected chi connectivity index (χ4v) is 2.56. The molecular weight excluding hydrogens is 216 g/mol. The molecule has 4 heteroatoms. The Labute approximate surface area is 101 Å². The smallest absolute Gasteiger partial charge is 0.208 e. The molecule has 4 nitrogen and oxygen atoms in total. The second-order valence-corrected chi connectivity index (χ2v) is 4.58. The number of benzene rings is 1. The maximum atomic E-state index is 10.6. The number of carbonyl (C=O) groups is 1. The first-order valence-electron chi connectivity index (χ1n) is 5.84. The number of nitrogens with zero attached hydrogens (tertiary/aromatic N) is 1. The standard InChI is InChI=1S/C13H18N2O2/c1-9-4-3-5-10(2)13(9)15-7-11(17)6-12(15)14-8-16/h3-5,8,11-12,17H,6-7H2,1-2H3,(H,14,16)/t11-,12+/m1/s1. The van der Waals surface area contributed by atoms with Gasteiger partial charge in [-0.2, -0.15) is 0 Å². The molecular formula is C13H18N2O2. The lowest BCUT2D eigenvalue weighted by atomic mass is 10.1. The molecule has 1 amide bonds. The summed E-state index contributed by atoms with van der Waals surface area (Å²) in [5.41, 5.74) is 3.44. The van der Waals surface area contributed by atoms with Gasteiger partial charge in [-0.15, -0.1) is 0 Å². The zero-order valence-electron chi connectivity index (χ0n) is 10.2. The Bertz CT molecular complexity index is 400. The van der Waals surface area contributed by atoms with E-state index in [1.165, 1.54) is 0 Å². The van der Waals surface area contributed by atoms with Crippen molar-refractivity contribution in [3.05, 3.63) is 29.3 Å². The van der Waals surface area contributed by atoms with Crippen LogP contribution in [-0.4, -0.2) is 30.3 Å². The van der Waals surface area contributed by atoms with Crippen LogP contribution in [0.1, 0.15) is 17.5 Å². The van der Waals surface area contributed by atoms with Crippen molar-refractivity contribution in [1.29, 1.82) is 0 Å². The number of aliphatic hydroxyl groups is 1. The summed E-state index contributed by atoms with van der Waals surface area (Å²) in [5.74, 6) is 0. The van der Waals surface area contributed by atoms with E-state index in [2.05, 4.69) is 10.2 Å². The highest BCUT2D eigenvalue weighted by Gasteiger charge is 2.32. The number of amides is 1. The van der Waals surface area contributed by atoms with Crippen molar-refractivity contribution in [2.24, 2.45) is 0 Å². The van der Waals surface area contributed by atoms with Gasteiger partial charge in [0.05, 0.1) is 6.10 Å². The lowest BCUT2D eigenvalue weighted by molar-refractivity contribution is -0.110. The van der Waals surface area contributed by atoms with Crippen LogP contribution in [-0.2, 0) is 4.79 Å². The number of carbonyl (C=O) groups excluding carboxylic acids is 1. The number of hydrogen-bond donors (Lipinski definition) is 2. The Hall–Kier alpha value is -1.55. The number of anilines is 1. The zero-order chi connectivity index (χ0) is 12.4. The summed E-state index contributed by atoms with van der Waals surface area (Å²) >= 11 is 0. The van der Waals surface area contributed by atoms with E-state index in [1.807, 2.05) is 32.0 Å². The molecule has 0 aliphatic carbocycles. The largest absolute Gasteiger partial charge is 0.391 e. The maximum absolute atomic E-state index is 10.6. The first-order chi connectivity index (χ1) is 8.13. The lowest BCUT2D eigenvalue weighted by Crippen LogP contribution is -2.41. The first-order valence-corrected chi connectivity index (χ1v) is 5.84. The molecule has 0 saturated carbocycles. The Morgan fingerprint density at radius 1 is 1.41 bits per heavy atom. The summed E-state index contributed by atoms with van der Waals surface area (Å²) < 4.78 is 0. The number of para-hydroxylation sites is 1. The second-order valence-electron chi connectivity index (χ2n) is 4.58. The fraction of sp³-hybridized carbons (Fsp3) is 0.462. The second kappa shape index (κ2) is 4.75. The molecule has 92 valence electrons. The number of nitrogens with one attached hydrogen (secondary N) is 1. The molecule has 1 saturated heterocycles. The summed E-state index contributed by atoms with van der Waals surface area (Å²) in [6.07, 6.45) is 0.782. The summed E-state index contributed by atoms with van der Waals surface area (Å²) in [4.78, 5) is 12.7. The van der Waals surface area contributed by atoms with E-state index in [1.54, 1.807) is 0 Å². The van der Waals surface area contributed by atoms with Crippen molar-refractivity contribution < 1.29 is 9.90 Å². The highest BCUT2D eigenvalue weighted by atomic mass is 16.3. The normalized spacial score (nSPS) is 23.8. The van der Waals surface area contributed by atoms with Crippen LogP contribution in [0.4, 0.5) is 5.69 Å². The van der Waals surface area contributed by atoms with Crippen molar-refractivity contribution in [2.45, 2.75) is 32.5 Å². The van der Waals surface area contributed by atoms with Gasteiger partial charge in [-0.25, -0.2) is 0 Å². The molecule has 2 rings (SSSR count). The van der Waals surface area contributed by atoms with Crippen molar-refractivity contribution in [2.75, 3.05) is 11.4 Å². The summed E-state index contributed by atoms with van der Waals surface area (Å²) in [6.45, 7) is 4.66. The van der Waals surface area contributed by atoms with Gasteiger partial charge >= 0.3 is 0 Å². The van der Waals surface area contributed by atoms with E-state index >= 15 is 0 Å². The van der Waals surface area contributed by atoms with Gasteiger partial charge in [-0.3, -0.25) is 4.79 Å². The monoisotopic (exact) mass is 234 g/mol. The predicted octanol–water partition coefficient (Wildman–Crippen LogP) is 0.947. The predicted molar refractivity (Wildman–Crippen MR) is 66.9 cm³/mol. The van der Waals surface area contributed by atoms with Crippen molar-refractivity contribution in [1.82, 2.24) is 5.32 Å². The average Bonchev–Trinajstić information content (AvgIpc) is 2.60. The molecule has 0 bridgehead atoms. The van der Waals surface area contributed by atoms with Crippen molar-refractivity contribution in [3.8, 4) is 0 Å². The molecule has 1 fully saturated rings. The Morgan fingerprint density at radius 2 is 2.06 bits per heavy atom. The van der Waals surface area contributed by atoms with E-state index < -0.39 is 0 Å². The van der Waals surface area contributed by atoms with Crippen molar-refractivity contribution >= 4 is 12.1 Å². The van der Waals surface area contributed by atoms with E-state index in [4.69, 9.17) is 0 Å². The summed E-state index contributed by atoms with van der Waals surface area (Å²) in [5, 5.41) is 12.5. The molecule has 1 heterocycles. The third kappa shape index (κ3) is 2.26. The van der Waals surface area contributed by atoms with E-state index in [9.17, 15) is 9.90 Å². The molecule has 0 spiro atoms. The molecule has 1 aliphatic heterocycles. The molecule has 1 aromatic carbocycles. The van der Waals surface area contributed by atoms with Gasteiger partial charge < -0.3 is 15.3 Å². The third-order valence-electron chi connectivity index (χ3n) is 3.27. The minimum Gasteiger partial charge on any atom is -0.391 e. The highest BCUT2D eigenvalue weighted by Crippen LogP contribution is 2.30. The quantitative estimate of drug-likeness (QED) is 0.765. The molecule has 0 radical (unpaired) electrons. The van der Waals surface area contributed by atoms with E-state index in [0.717, 1.165) is 16.8 Å². The fourth-order valence-electron chi connectivity index (χ4n) is 2.56. The Morgan fingerprint density at radius 3 is 2.65 bits per heavy atom. The average molecular weight is 234 g/mol. The van der Waals surface area contributed by atoms with Gasteiger partial charge in [0.1, 0.15) is 6.17 Å². The molecule has 2 N–H and O–H groups in total. The van der Waals surface area contributed by atoms with E-state index in [0.29, 0.717) is 19.4 Å². The first kappa shape index (κ1) is 11.9. The SMILES string of the molecule is Cc1cccc(C)c1N1C[C@H](O)C[C@H]1NC=O. The molecule has 1 aromatic rings. The van der Waals surface area contributed by atoms with Crippen LogP contribution in [0.2, 0.25) is 0 Å². The van der Waals surface area contributed by atoms with Crippen LogP contribution < -0.4 is 10.2 Å². The minimum absolute atomic E-state index is 0.109. The van der Waals surface area contributed by atoms with E-state index in [-0.39, 0.29) is 12.3 Å². The van der Waals surface area contributed by atoms with Crippen LogP contribution in [0.25, 0.3) is 0 Å². The van der Waals surface area contributed by atoms with Crippen molar-refractivity contribution in [3.63, 3.8) is 0 Å². The van der Waals surface area contributed by atoms with Crippen LogP contribution in [0.15, 0.2) is 18.2 Å². The molecule has 2 atom stereocenters. The molecule has 0 aromatic heterocycles. The zero-order valence-corrected chi connectivity index (χ0v) is 10.2. The number of aliphatic hydroxyl groups excluding tert-OH is 1. The number of hydrogen-bond acceptors (Lipinski definition) is 3. The Balaban J connectivity index is 2.34. The molecule has 0 unspecified atom stereocenters. The summed E-state index contributed by atoms with van der Waals surface area (Å²) in [6, 6.07) is 6.11. The topological polar surface area (TPSA) is 52.6 Å². The van der Waals surface area contributed by atoms with Crippen LogP contribution >= 0.6 is 0 Å². The van der Waals surface area contributed by atoms with Gasteiger partial charge in [-0.1, -0.05) is 18.2 Å². The van der Waals surface area contributed by atoms with Gasteiger partial charge in [0, 0.05) is 18.7 Å². The van der Waals surface area contributed by atoms with Gasteiger partial charge in [0.2, 0.25) is 6.41 Å². The maximum Gasteiger partial charge on any atom is 0.208 e. The lowest BCUT2D eigenvalue weighted by Gasteiger charge is -2.29. The van der Waals surface area contributed by atoms with Gasteiger partial charge in [0.25, 0.3) is 0 Å². The number of β-amino-alcohol motifs (C(OH)–C–C–N with tert-alkyl or cyclic N) is 1. The van der Waals surface area contributed by atoms with Gasteiger partial charge in [-0.05, 0) is 25.0 Å². The Kier molecular flexibility index (Phi) is 3.33. The van der Waals surface area contributed by atoms with Gasteiger partial charge in [0.15, 0.2) is 0 Å². The third-order valence-corrected chi connectivity index (χ3v) is 3.27. The minimum atomic E-state index is -0.383. The molecule has 1 aliphatic rings. The number of rotatable bonds is 3. The van der Waals surface area contributed by atoms with Crippen LogP contribution in [0, 0.1) is 13.8 Å². The molecule has 17 heavy (non-hydrogen) atoms. The van der Waals surface area contributed by atoms with Crippen LogP contribution in [0.3, 0.4) is 0 Å². The number of aryl methyl sites for hydroxylation is 2. The highest BCUT2D eigenvalue weighted by molar-refractivity contribution is 5.61. The van der Waals surface area contributed by atoms with Crippen LogP contribution in [0.5, 0.6) is 0 Å². The summed E-state index contributed by atoms with van der Waals surface area (Å²) in [7, 11) is 0.